The van der Waals surface area contributed by atoms with Gasteiger partial charge in [0, 0.05) is 12.1 Å². The molecule has 3 rings (SSSR count). The number of nitriles is 1. The summed E-state index contributed by atoms with van der Waals surface area (Å²) in [5.74, 6) is 0.00710. The summed E-state index contributed by atoms with van der Waals surface area (Å²) in [6.45, 7) is 0.701. The zero-order valence-corrected chi connectivity index (χ0v) is 16.9. The molecule has 0 aliphatic heterocycles. The number of benzene rings is 3. The standard InChI is InChI=1S/C25H22N2O4/c26-16-19-9-11-23(12-10-19)30-18-21-7-4-8-22(15-21)25(29)27-14-13-24(28)31-17-20-5-2-1-3-6-20/h1-12,15H,13-14,17-18H2,(H,27,29). The van der Waals surface area contributed by atoms with Crippen LogP contribution in [0.1, 0.15) is 33.5 Å². The first-order valence-corrected chi connectivity index (χ1v) is 9.84. The fourth-order valence-electron chi connectivity index (χ4n) is 2.79. The SMILES string of the molecule is N#Cc1ccc(OCc2cccc(C(=O)NCCC(=O)OCc3ccccc3)c2)cc1. The minimum absolute atomic E-state index is 0.0973. The van der Waals surface area contributed by atoms with Gasteiger partial charge in [-0.15, -0.1) is 0 Å². The van der Waals surface area contributed by atoms with Gasteiger partial charge in [0.15, 0.2) is 0 Å². The lowest BCUT2D eigenvalue weighted by atomic mass is 10.1. The quantitative estimate of drug-likeness (QED) is 0.535. The Morgan fingerprint density at radius 1 is 0.871 bits per heavy atom. The molecular formula is C25H22N2O4. The monoisotopic (exact) mass is 414 g/mol. The summed E-state index contributed by atoms with van der Waals surface area (Å²) in [6.07, 6.45) is 0.0973. The molecule has 6 heteroatoms. The number of hydrogen-bond donors (Lipinski definition) is 1. The first kappa shape index (κ1) is 21.6. The Labute approximate surface area is 181 Å². The number of carbonyl (C=O) groups excluding carboxylic acids is 2. The fourth-order valence-corrected chi connectivity index (χ4v) is 2.79. The highest BCUT2D eigenvalue weighted by atomic mass is 16.5. The molecule has 1 N–H and O–H groups in total. The minimum atomic E-state index is -0.367. The van der Waals surface area contributed by atoms with E-state index < -0.39 is 0 Å². The van der Waals surface area contributed by atoms with E-state index in [2.05, 4.69) is 11.4 Å². The van der Waals surface area contributed by atoms with Crippen LogP contribution in [0.5, 0.6) is 5.75 Å². The molecule has 6 nitrogen and oxygen atoms in total. The lowest BCUT2D eigenvalue weighted by Crippen LogP contribution is -2.26. The molecule has 0 unspecified atom stereocenters. The Hall–Kier alpha value is -4.11. The molecule has 1 amide bonds. The van der Waals surface area contributed by atoms with E-state index in [-0.39, 0.29) is 31.4 Å². The molecule has 3 aromatic carbocycles. The molecule has 0 atom stereocenters. The van der Waals surface area contributed by atoms with Crippen LogP contribution in [0.2, 0.25) is 0 Å². The number of rotatable bonds is 9. The van der Waals surface area contributed by atoms with E-state index in [9.17, 15) is 9.59 Å². The number of esters is 1. The molecule has 0 bridgehead atoms. The van der Waals surface area contributed by atoms with Crippen LogP contribution in [0, 0.1) is 11.3 Å². The van der Waals surface area contributed by atoms with E-state index in [0.29, 0.717) is 23.5 Å². The molecule has 156 valence electrons. The van der Waals surface area contributed by atoms with Gasteiger partial charge in [-0.25, -0.2) is 0 Å². The normalized spacial score (nSPS) is 10.0. The van der Waals surface area contributed by atoms with E-state index in [1.165, 1.54) is 0 Å². The maximum Gasteiger partial charge on any atom is 0.307 e. The van der Waals surface area contributed by atoms with Crippen molar-refractivity contribution in [2.75, 3.05) is 6.54 Å². The van der Waals surface area contributed by atoms with Gasteiger partial charge in [-0.05, 0) is 47.5 Å². The predicted molar refractivity (Wildman–Crippen MR) is 115 cm³/mol. The number of nitrogens with zero attached hydrogens (tertiary/aromatic N) is 1. The topological polar surface area (TPSA) is 88.4 Å². The van der Waals surface area contributed by atoms with E-state index in [4.69, 9.17) is 14.7 Å². The van der Waals surface area contributed by atoms with Gasteiger partial charge >= 0.3 is 5.97 Å². The van der Waals surface area contributed by atoms with Crippen molar-refractivity contribution in [1.29, 1.82) is 5.26 Å². The van der Waals surface area contributed by atoms with Crippen LogP contribution in [0.4, 0.5) is 0 Å². The van der Waals surface area contributed by atoms with Gasteiger partial charge in [0.05, 0.1) is 18.1 Å². The first-order valence-electron chi connectivity index (χ1n) is 9.84. The molecule has 0 fully saturated rings. The number of amides is 1. The van der Waals surface area contributed by atoms with Crippen LogP contribution in [0.25, 0.3) is 0 Å². The van der Waals surface area contributed by atoms with Crippen molar-refractivity contribution in [1.82, 2.24) is 5.32 Å². The highest BCUT2D eigenvalue weighted by molar-refractivity contribution is 5.94. The number of nitrogens with one attached hydrogen (secondary N) is 1. The lowest BCUT2D eigenvalue weighted by molar-refractivity contribution is -0.144. The molecule has 31 heavy (non-hydrogen) atoms. The smallest absolute Gasteiger partial charge is 0.307 e. The van der Waals surface area contributed by atoms with Gasteiger partial charge in [0.2, 0.25) is 0 Å². The Balaban J connectivity index is 1.42. The summed E-state index contributed by atoms with van der Waals surface area (Å²) in [5, 5.41) is 11.6. The first-order chi connectivity index (χ1) is 15.1. The van der Waals surface area contributed by atoms with Crippen molar-refractivity contribution in [2.45, 2.75) is 19.6 Å². The van der Waals surface area contributed by atoms with Crippen molar-refractivity contribution in [3.05, 3.63) is 101 Å². The van der Waals surface area contributed by atoms with Crippen molar-refractivity contribution in [3.63, 3.8) is 0 Å². The maximum atomic E-state index is 12.4. The molecular weight excluding hydrogens is 392 g/mol. The van der Waals surface area contributed by atoms with Gasteiger partial charge in [-0.1, -0.05) is 42.5 Å². The molecule has 0 aliphatic carbocycles. The molecule has 0 saturated carbocycles. The summed E-state index contributed by atoms with van der Waals surface area (Å²) < 4.78 is 10.9. The Kier molecular flexibility index (Phi) is 7.78. The second-order valence-corrected chi connectivity index (χ2v) is 6.78. The fraction of sp³-hybridized carbons (Fsp3) is 0.160. The van der Waals surface area contributed by atoms with Gasteiger partial charge in [0.25, 0.3) is 5.91 Å². The van der Waals surface area contributed by atoms with Gasteiger partial charge in [-0.3, -0.25) is 9.59 Å². The second kappa shape index (κ2) is 11.2. The van der Waals surface area contributed by atoms with Crippen molar-refractivity contribution >= 4 is 11.9 Å². The maximum absolute atomic E-state index is 12.4. The summed E-state index contributed by atoms with van der Waals surface area (Å²) >= 11 is 0. The summed E-state index contributed by atoms with van der Waals surface area (Å²) in [6, 6.07) is 25.4. The molecule has 0 saturated heterocycles. The van der Waals surface area contributed by atoms with Crippen LogP contribution in [0.3, 0.4) is 0 Å². The Morgan fingerprint density at radius 2 is 1.61 bits per heavy atom. The molecule has 3 aromatic rings. The molecule has 0 radical (unpaired) electrons. The Morgan fingerprint density at radius 3 is 2.35 bits per heavy atom. The molecule has 0 aliphatic rings. The van der Waals surface area contributed by atoms with Crippen molar-refractivity contribution in [3.8, 4) is 11.8 Å². The van der Waals surface area contributed by atoms with E-state index >= 15 is 0 Å². The van der Waals surface area contributed by atoms with Crippen LogP contribution < -0.4 is 10.1 Å². The van der Waals surface area contributed by atoms with Gasteiger partial charge in [-0.2, -0.15) is 5.26 Å². The van der Waals surface area contributed by atoms with Crippen LogP contribution >= 0.6 is 0 Å². The highest BCUT2D eigenvalue weighted by Gasteiger charge is 2.09. The average molecular weight is 414 g/mol. The van der Waals surface area contributed by atoms with Crippen molar-refractivity contribution < 1.29 is 19.1 Å². The summed E-state index contributed by atoms with van der Waals surface area (Å²) in [4.78, 5) is 24.2. The van der Waals surface area contributed by atoms with Crippen molar-refractivity contribution in [2.24, 2.45) is 0 Å². The van der Waals surface area contributed by atoms with Gasteiger partial charge in [0.1, 0.15) is 19.0 Å². The predicted octanol–water partition coefficient (Wildman–Crippen LogP) is 4.00. The lowest BCUT2D eigenvalue weighted by Gasteiger charge is -2.09. The van der Waals surface area contributed by atoms with E-state index in [1.807, 2.05) is 36.4 Å². The summed E-state index contributed by atoms with van der Waals surface area (Å²) in [7, 11) is 0. The number of hydrogen-bond acceptors (Lipinski definition) is 5. The van der Waals surface area contributed by atoms with Gasteiger partial charge < -0.3 is 14.8 Å². The molecule has 0 heterocycles. The van der Waals surface area contributed by atoms with Crippen LogP contribution in [-0.4, -0.2) is 18.4 Å². The number of carbonyl (C=O) groups is 2. The average Bonchev–Trinajstić information content (AvgIpc) is 2.82. The summed E-state index contributed by atoms with van der Waals surface area (Å²) in [5.41, 5.74) is 2.80. The number of ether oxygens (including phenoxy) is 2. The minimum Gasteiger partial charge on any atom is -0.489 e. The largest absolute Gasteiger partial charge is 0.489 e. The Bertz CT molecular complexity index is 1060. The third kappa shape index (κ3) is 7.02. The highest BCUT2D eigenvalue weighted by Crippen LogP contribution is 2.14. The zero-order chi connectivity index (χ0) is 21.9. The third-order valence-corrected chi connectivity index (χ3v) is 4.44. The van der Waals surface area contributed by atoms with Crippen LogP contribution in [-0.2, 0) is 22.7 Å². The van der Waals surface area contributed by atoms with E-state index in [1.54, 1.807) is 42.5 Å². The van der Waals surface area contributed by atoms with Crippen LogP contribution in [0.15, 0.2) is 78.9 Å². The zero-order valence-electron chi connectivity index (χ0n) is 16.9. The van der Waals surface area contributed by atoms with E-state index in [0.717, 1.165) is 11.1 Å². The third-order valence-electron chi connectivity index (χ3n) is 4.44. The second-order valence-electron chi connectivity index (χ2n) is 6.78. The molecule has 0 spiro atoms. The molecule has 0 aromatic heterocycles.